The average Bonchev–Trinajstić information content (AvgIpc) is 3.10. The van der Waals surface area contributed by atoms with Crippen LogP contribution in [-0.4, -0.2) is 47.5 Å². The molecule has 158 valence electrons. The standard InChI is InChI=1S/C22H25FN4O2S/c1-26(13-12-17-6-10-19(28-2)20(14-17)29-3)15-27-22(30)24-21(25-27)11-7-16-4-8-18(23)9-5-16/h4-11,14H,12-13,15H2,1-3H3,(H,24,25,30). The van der Waals surface area contributed by atoms with Gasteiger partial charge in [0.15, 0.2) is 11.5 Å². The van der Waals surface area contributed by atoms with Gasteiger partial charge in [-0.15, -0.1) is 0 Å². The Kier molecular flexibility index (Phi) is 7.37. The fourth-order valence-electron chi connectivity index (χ4n) is 2.96. The summed E-state index contributed by atoms with van der Waals surface area (Å²) in [5, 5.41) is 3.19. The van der Waals surface area contributed by atoms with E-state index in [1.807, 2.05) is 42.1 Å². The lowest BCUT2D eigenvalue weighted by Gasteiger charge is -2.17. The van der Waals surface area contributed by atoms with Gasteiger partial charge in [-0.25, -0.2) is 9.07 Å². The molecule has 3 aromatic rings. The monoisotopic (exact) mass is 428 g/mol. The minimum absolute atomic E-state index is 0.257. The summed E-state index contributed by atoms with van der Waals surface area (Å²) < 4.78 is 25.9. The molecule has 8 heteroatoms. The van der Waals surface area contributed by atoms with Crippen molar-refractivity contribution in [3.8, 4) is 11.5 Å². The molecule has 1 N–H and O–H groups in total. The molecule has 0 unspecified atom stereocenters. The molecule has 0 amide bonds. The van der Waals surface area contributed by atoms with Crippen LogP contribution in [0, 0.1) is 10.6 Å². The maximum Gasteiger partial charge on any atom is 0.217 e. The van der Waals surface area contributed by atoms with Crippen LogP contribution in [0.2, 0.25) is 0 Å². The average molecular weight is 429 g/mol. The van der Waals surface area contributed by atoms with E-state index in [9.17, 15) is 4.39 Å². The summed E-state index contributed by atoms with van der Waals surface area (Å²) in [7, 11) is 5.29. The van der Waals surface area contributed by atoms with Gasteiger partial charge in [0, 0.05) is 6.54 Å². The number of rotatable bonds is 9. The number of ether oxygens (including phenoxy) is 2. The molecular formula is C22H25FN4O2S. The number of hydrogen-bond acceptors (Lipinski definition) is 5. The fourth-order valence-corrected chi connectivity index (χ4v) is 3.16. The smallest absolute Gasteiger partial charge is 0.217 e. The molecule has 3 rings (SSSR count). The van der Waals surface area contributed by atoms with Gasteiger partial charge in [-0.05, 0) is 67.2 Å². The van der Waals surface area contributed by atoms with Gasteiger partial charge in [0.25, 0.3) is 0 Å². The number of aromatic amines is 1. The minimum atomic E-state index is -0.257. The highest BCUT2D eigenvalue weighted by Gasteiger charge is 2.07. The largest absolute Gasteiger partial charge is 0.493 e. The summed E-state index contributed by atoms with van der Waals surface area (Å²) in [6.45, 7) is 1.42. The molecule has 0 aliphatic carbocycles. The summed E-state index contributed by atoms with van der Waals surface area (Å²) in [5.41, 5.74) is 2.05. The number of H-pyrrole nitrogens is 1. The summed E-state index contributed by atoms with van der Waals surface area (Å²) in [5.74, 6) is 1.84. The molecule has 0 aliphatic heterocycles. The quantitative estimate of drug-likeness (QED) is 0.512. The topological polar surface area (TPSA) is 55.3 Å². The number of likely N-dealkylation sites (N-methyl/N-ethyl adjacent to an activating group) is 1. The highest BCUT2D eigenvalue weighted by Crippen LogP contribution is 2.27. The van der Waals surface area contributed by atoms with Crippen LogP contribution < -0.4 is 9.47 Å². The molecule has 0 bridgehead atoms. The Labute approximate surface area is 180 Å². The normalized spacial score (nSPS) is 11.4. The second kappa shape index (κ2) is 10.2. The zero-order chi connectivity index (χ0) is 21.5. The lowest BCUT2D eigenvalue weighted by Crippen LogP contribution is -2.25. The van der Waals surface area contributed by atoms with Gasteiger partial charge < -0.3 is 9.47 Å². The van der Waals surface area contributed by atoms with Crippen molar-refractivity contribution in [2.24, 2.45) is 0 Å². The van der Waals surface area contributed by atoms with E-state index in [0.717, 1.165) is 35.6 Å². The van der Waals surface area contributed by atoms with E-state index >= 15 is 0 Å². The van der Waals surface area contributed by atoms with E-state index < -0.39 is 0 Å². The molecule has 30 heavy (non-hydrogen) atoms. The molecule has 0 atom stereocenters. The third-order valence-electron chi connectivity index (χ3n) is 4.61. The van der Waals surface area contributed by atoms with E-state index in [1.54, 1.807) is 26.4 Å². The van der Waals surface area contributed by atoms with E-state index in [4.69, 9.17) is 21.7 Å². The number of aromatic nitrogens is 3. The maximum atomic E-state index is 13.0. The molecule has 0 spiro atoms. The summed E-state index contributed by atoms with van der Waals surface area (Å²) >= 11 is 5.36. The van der Waals surface area contributed by atoms with Gasteiger partial charge in [0.05, 0.1) is 20.9 Å². The number of nitrogens with zero attached hydrogens (tertiary/aromatic N) is 3. The SMILES string of the molecule is COc1ccc(CCN(C)Cn2[nH]c(C=Cc3ccc(F)cc3)nc2=S)cc1OC. The van der Waals surface area contributed by atoms with E-state index in [2.05, 4.69) is 15.0 Å². The predicted molar refractivity (Wildman–Crippen MR) is 119 cm³/mol. The van der Waals surface area contributed by atoms with Crippen molar-refractivity contribution in [1.82, 2.24) is 19.7 Å². The van der Waals surface area contributed by atoms with Gasteiger partial charge in [0.2, 0.25) is 4.77 Å². The number of halogens is 1. The van der Waals surface area contributed by atoms with Crippen LogP contribution >= 0.6 is 12.2 Å². The fraction of sp³-hybridized carbons (Fsp3) is 0.273. The summed E-state index contributed by atoms with van der Waals surface area (Å²) in [6, 6.07) is 12.2. The van der Waals surface area contributed by atoms with Crippen LogP contribution in [-0.2, 0) is 13.1 Å². The van der Waals surface area contributed by atoms with Gasteiger partial charge >= 0.3 is 0 Å². The second-order valence-electron chi connectivity index (χ2n) is 6.86. The van der Waals surface area contributed by atoms with Crippen LogP contribution in [0.3, 0.4) is 0 Å². The Morgan fingerprint density at radius 1 is 1.10 bits per heavy atom. The summed E-state index contributed by atoms with van der Waals surface area (Å²) in [4.78, 5) is 6.51. The minimum Gasteiger partial charge on any atom is -0.493 e. The van der Waals surface area contributed by atoms with E-state index in [1.165, 1.54) is 12.1 Å². The van der Waals surface area contributed by atoms with Crippen LogP contribution in [0.25, 0.3) is 12.2 Å². The van der Waals surface area contributed by atoms with Crippen molar-refractivity contribution in [2.45, 2.75) is 13.1 Å². The highest BCUT2D eigenvalue weighted by atomic mass is 32.1. The molecule has 0 radical (unpaired) electrons. The number of benzene rings is 2. The predicted octanol–water partition coefficient (Wildman–Crippen LogP) is 4.40. The molecule has 0 fully saturated rings. The second-order valence-corrected chi connectivity index (χ2v) is 7.23. The molecule has 0 saturated heterocycles. The summed E-state index contributed by atoms with van der Waals surface area (Å²) in [6.07, 6.45) is 4.54. The number of methoxy groups -OCH3 is 2. The van der Waals surface area contributed by atoms with Crippen LogP contribution in [0.4, 0.5) is 4.39 Å². The van der Waals surface area contributed by atoms with Gasteiger partial charge in [-0.2, -0.15) is 4.98 Å². The van der Waals surface area contributed by atoms with Crippen LogP contribution in [0.5, 0.6) is 11.5 Å². The Morgan fingerprint density at radius 2 is 1.83 bits per heavy atom. The molecular weight excluding hydrogens is 403 g/mol. The van der Waals surface area contributed by atoms with E-state index in [-0.39, 0.29) is 5.82 Å². The Morgan fingerprint density at radius 3 is 2.53 bits per heavy atom. The van der Waals surface area contributed by atoms with Gasteiger partial charge in [-0.1, -0.05) is 24.3 Å². The van der Waals surface area contributed by atoms with Gasteiger partial charge in [-0.3, -0.25) is 10.00 Å². The third-order valence-corrected chi connectivity index (χ3v) is 4.92. The molecule has 1 aromatic heterocycles. The van der Waals surface area contributed by atoms with Crippen LogP contribution in [0.1, 0.15) is 17.0 Å². The van der Waals surface area contributed by atoms with Crippen molar-refractivity contribution in [3.05, 3.63) is 70.0 Å². The molecule has 2 aromatic carbocycles. The number of nitrogens with one attached hydrogen (secondary N) is 1. The van der Waals surface area contributed by atoms with Crippen molar-refractivity contribution >= 4 is 24.4 Å². The molecule has 6 nitrogen and oxygen atoms in total. The maximum absolute atomic E-state index is 13.0. The Bertz CT molecular complexity index is 1060. The zero-order valence-corrected chi connectivity index (χ0v) is 18.1. The van der Waals surface area contributed by atoms with Crippen LogP contribution in [0.15, 0.2) is 42.5 Å². The first-order valence-electron chi connectivity index (χ1n) is 9.48. The lowest BCUT2D eigenvalue weighted by molar-refractivity contribution is 0.255. The Hall–Kier alpha value is -2.97. The van der Waals surface area contributed by atoms with Gasteiger partial charge in [0.1, 0.15) is 11.6 Å². The molecule has 0 aliphatic rings. The number of hydrogen-bond donors (Lipinski definition) is 1. The van der Waals surface area contributed by atoms with Crippen molar-refractivity contribution in [3.63, 3.8) is 0 Å². The first-order valence-corrected chi connectivity index (χ1v) is 9.89. The molecule has 0 saturated carbocycles. The zero-order valence-electron chi connectivity index (χ0n) is 17.3. The lowest BCUT2D eigenvalue weighted by atomic mass is 10.1. The first kappa shape index (κ1) is 21.7. The van der Waals surface area contributed by atoms with Crippen molar-refractivity contribution < 1.29 is 13.9 Å². The van der Waals surface area contributed by atoms with Crippen molar-refractivity contribution in [1.29, 1.82) is 0 Å². The molecule has 1 heterocycles. The third kappa shape index (κ3) is 5.77. The first-order chi connectivity index (χ1) is 14.5. The van der Waals surface area contributed by atoms with Crippen molar-refractivity contribution in [2.75, 3.05) is 27.8 Å². The van der Waals surface area contributed by atoms with E-state index in [0.29, 0.717) is 17.3 Å². The Balaban J connectivity index is 1.58. The highest BCUT2D eigenvalue weighted by molar-refractivity contribution is 7.71.